The summed E-state index contributed by atoms with van der Waals surface area (Å²) in [4.78, 5) is 22.0. The van der Waals surface area contributed by atoms with E-state index in [1.165, 1.54) is 0 Å². The molecule has 0 saturated heterocycles. The van der Waals surface area contributed by atoms with E-state index in [2.05, 4.69) is 5.32 Å². The average molecular weight is 314 g/mol. The van der Waals surface area contributed by atoms with Gasteiger partial charge < -0.3 is 15.2 Å². The van der Waals surface area contributed by atoms with E-state index in [0.717, 1.165) is 5.56 Å². The maximum atomic E-state index is 11.7. The normalized spacial score (nSPS) is 11.9. The quantitative estimate of drug-likeness (QED) is 0.687. The fourth-order valence-electron chi connectivity index (χ4n) is 1.90. The Morgan fingerprint density at radius 1 is 1.33 bits per heavy atom. The summed E-state index contributed by atoms with van der Waals surface area (Å²) in [6, 6.07) is 7.30. The van der Waals surface area contributed by atoms with Crippen molar-refractivity contribution >= 4 is 23.5 Å². The molecule has 0 fully saturated rings. The first-order valence-electron chi connectivity index (χ1n) is 6.79. The second-order valence-electron chi connectivity index (χ2n) is 4.68. The van der Waals surface area contributed by atoms with Crippen molar-refractivity contribution in [3.63, 3.8) is 0 Å². The highest BCUT2D eigenvalue weighted by Gasteiger charge is 2.12. The van der Waals surface area contributed by atoms with Crippen molar-refractivity contribution in [2.24, 2.45) is 0 Å². The smallest absolute Gasteiger partial charge is 0.303 e. The van der Waals surface area contributed by atoms with Crippen LogP contribution in [0.15, 0.2) is 24.3 Å². The molecular formula is C15H20ClNO4. The lowest BCUT2D eigenvalue weighted by Gasteiger charge is -2.16. The summed E-state index contributed by atoms with van der Waals surface area (Å²) >= 11 is 5.93. The minimum atomic E-state index is -0.837. The van der Waals surface area contributed by atoms with Crippen LogP contribution in [0.2, 0.25) is 5.02 Å². The Morgan fingerprint density at radius 3 is 2.67 bits per heavy atom. The maximum absolute atomic E-state index is 11.7. The van der Waals surface area contributed by atoms with E-state index < -0.39 is 5.97 Å². The van der Waals surface area contributed by atoms with Crippen LogP contribution in [0.4, 0.5) is 0 Å². The van der Waals surface area contributed by atoms with Gasteiger partial charge in [0.25, 0.3) is 0 Å². The van der Waals surface area contributed by atoms with Crippen LogP contribution in [0.5, 0.6) is 0 Å². The van der Waals surface area contributed by atoms with Gasteiger partial charge >= 0.3 is 5.97 Å². The number of aliphatic carboxylic acids is 1. The molecule has 0 aromatic heterocycles. The summed E-state index contributed by atoms with van der Waals surface area (Å²) < 4.78 is 5.35. The summed E-state index contributed by atoms with van der Waals surface area (Å²) in [7, 11) is 1.57. The number of halogens is 1. The van der Waals surface area contributed by atoms with Gasteiger partial charge in [-0.15, -0.1) is 0 Å². The molecule has 0 radical (unpaired) electrons. The molecule has 21 heavy (non-hydrogen) atoms. The van der Waals surface area contributed by atoms with E-state index in [1.807, 2.05) is 12.1 Å². The molecule has 1 atom stereocenters. The third kappa shape index (κ3) is 7.11. The van der Waals surface area contributed by atoms with Crippen molar-refractivity contribution in [2.45, 2.75) is 31.8 Å². The number of carboxylic acid groups (broad SMARTS) is 1. The summed E-state index contributed by atoms with van der Waals surface area (Å²) in [5, 5.41) is 11.9. The first-order chi connectivity index (χ1) is 10.0. The van der Waals surface area contributed by atoms with Crippen molar-refractivity contribution in [3.05, 3.63) is 34.9 Å². The van der Waals surface area contributed by atoms with Crippen LogP contribution in [0.25, 0.3) is 0 Å². The van der Waals surface area contributed by atoms with Crippen molar-refractivity contribution in [3.8, 4) is 0 Å². The van der Waals surface area contributed by atoms with Gasteiger partial charge in [0.2, 0.25) is 5.91 Å². The van der Waals surface area contributed by atoms with Gasteiger partial charge in [-0.1, -0.05) is 23.7 Å². The third-order valence-electron chi connectivity index (χ3n) is 3.03. The van der Waals surface area contributed by atoms with Gasteiger partial charge in [-0.05, 0) is 30.5 Å². The highest BCUT2D eigenvalue weighted by molar-refractivity contribution is 6.30. The second kappa shape index (κ2) is 9.37. The molecule has 1 amide bonds. The molecule has 116 valence electrons. The molecule has 5 nitrogen and oxygen atoms in total. The number of carbonyl (C=O) groups is 2. The molecule has 0 spiro atoms. The molecular weight excluding hydrogens is 294 g/mol. The Balaban J connectivity index is 2.34. The fraction of sp³-hybridized carbons (Fsp3) is 0.467. The largest absolute Gasteiger partial charge is 0.481 e. The van der Waals surface area contributed by atoms with Gasteiger partial charge in [-0.2, -0.15) is 0 Å². The Bertz CT molecular complexity index is 478. The zero-order valence-corrected chi connectivity index (χ0v) is 12.7. The number of hydrogen-bond donors (Lipinski definition) is 2. The number of methoxy groups -OCH3 is 1. The highest BCUT2D eigenvalue weighted by Crippen LogP contribution is 2.19. The zero-order valence-electron chi connectivity index (χ0n) is 12.0. The Labute approximate surface area is 129 Å². The number of nitrogens with one attached hydrogen (secondary N) is 1. The Hall–Kier alpha value is -1.59. The van der Waals surface area contributed by atoms with Crippen molar-refractivity contribution in [1.82, 2.24) is 5.32 Å². The predicted molar refractivity (Wildman–Crippen MR) is 80.3 cm³/mol. The van der Waals surface area contributed by atoms with Crippen LogP contribution in [0, 0.1) is 0 Å². The standard InChI is InChI=1S/C15H20ClNO4/c1-21-13(11-5-4-6-12(16)9-11)10-17-14(18)7-2-3-8-15(19)20/h4-6,9,13H,2-3,7-8,10H2,1H3,(H,17,18)(H,19,20). The highest BCUT2D eigenvalue weighted by atomic mass is 35.5. The number of unbranched alkanes of at least 4 members (excludes halogenated alkanes) is 1. The minimum absolute atomic E-state index is 0.0937. The number of carboxylic acids is 1. The molecule has 2 N–H and O–H groups in total. The van der Waals surface area contributed by atoms with E-state index in [1.54, 1.807) is 19.2 Å². The number of ether oxygens (including phenoxy) is 1. The fourth-order valence-corrected chi connectivity index (χ4v) is 2.10. The van der Waals surface area contributed by atoms with Gasteiger partial charge in [-0.3, -0.25) is 9.59 Å². The van der Waals surface area contributed by atoms with Gasteiger partial charge in [0.1, 0.15) is 0 Å². The number of amides is 1. The molecule has 1 aromatic carbocycles. The van der Waals surface area contributed by atoms with E-state index in [4.69, 9.17) is 21.4 Å². The minimum Gasteiger partial charge on any atom is -0.481 e. The van der Waals surface area contributed by atoms with E-state index in [0.29, 0.717) is 30.8 Å². The van der Waals surface area contributed by atoms with Crippen molar-refractivity contribution in [2.75, 3.05) is 13.7 Å². The van der Waals surface area contributed by atoms with E-state index in [-0.39, 0.29) is 18.4 Å². The SMILES string of the molecule is COC(CNC(=O)CCCCC(=O)O)c1cccc(Cl)c1. The second-order valence-corrected chi connectivity index (χ2v) is 5.12. The van der Waals surface area contributed by atoms with Crippen molar-refractivity contribution in [1.29, 1.82) is 0 Å². The molecule has 1 unspecified atom stereocenters. The molecule has 0 saturated carbocycles. The number of hydrogen-bond acceptors (Lipinski definition) is 3. The molecule has 1 aromatic rings. The van der Waals surface area contributed by atoms with Crippen LogP contribution >= 0.6 is 11.6 Å². The van der Waals surface area contributed by atoms with Gasteiger partial charge in [0.05, 0.1) is 6.10 Å². The molecule has 0 aliphatic rings. The average Bonchev–Trinajstić information content (AvgIpc) is 2.44. The number of benzene rings is 1. The van der Waals surface area contributed by atoms with E-state index >= 15 is 0 Å². The summed E-state index contributed by atoms with van der Waals surface area (Å²) in [6.45, 7) is 0.356. The van der Waals surface area contributed by atoms with Crippen molar-refractivity contribution < 1.29 is 19.4 Å². The maximum Gasteiger partial charge on any atom is 0.303 e. The lowest BCUT2D eigenvalue weighted by molar-refractivity contribution is -0.137. The Morgan fingerprint density at radius 2 is 2.05 bits per heavy atom. The van der Waals surface area contributed by atoms with Crippen LogP contribution in [-0.2, 0) is 14.3 Å². The molecule has 6 heteroatoms. The lowest BCUT2D eigenvalue weighted by Crippen LogP contribution is -2.28. The topological polar surface area (TPSA) is 75.6 Å². The number of carbonyl (C=O) groups excluding carboxylic acids is 1. The summed E-state index contributed by atoms with van der Waals surface area (Å²) in [5.41, 5.74) is 0.899. The van der Waals surface area contributed by atoms with Gasteiger partial charge in [0.15, 0.2) is 0 Å². The number of rotatable bonds is 9. The van der Waals surface area contributed by atoms with Crippen LogP contribution in [0.3, 0.4) is 0 Å². The molecule has 0 bridgehead atoms. The van der Waals surface area contributed by atoms with Crippen LogP contribution in [0.1, 0.15) is 37.4 Å². The van der Waals surface area contributed by atoms with Crippen LogP contribution < -0.4 is 5.32 Å². The zero-order chi connectivity index (χ0) is 15.7. The van der Waals surface area contributed by atoms with Crippen LogP contribution in [-0.4, -0.2) is 30.6 Å². The molecule has 0 aliphatic carbocycles. The first kappa shape index (κ1) is 17.5. The summed E-state index contributed by atoms with van der Waals surface area (Å²) in [5.74, 6) is -0.944. The third-order valence-corrected chi connectivity index (χ3v) is 3.27. The van der Waals surface area contributed by atoms with Gasteiger partial charge in [0, 0.05) is 31.5 Å². The molecule has 0 heterocycles. The monoisotopic (exact) mass is 313 g/mol. The summed E-state index contributed by atoms with van der Waals surface area (Å²) in [6.07, 6.45) is 1.22. The first-order valence-corrected chi connectivity index (χ1v) is 7.17. The predicted octanol–water partition coefficient (Wildman–Crippen LogP) is 2.79. The molecule has 0 aliphatic heterocycles. The molecule has 1 rings (SSSR count). The van der Waals surface area contributed by atoms with E-state index in [9.17, 15) is 9.59 Å². The lowest BCUT2D eigenvalue weighted by atomic mass is 10.1. The van der Waals surface area contributed by atoms with Gasteiger partial charge in [-0.25, -0.2) is 0 Å². The Kier molecular flexibility index (Phi) is 7.79.